The van der Waals surface area contributed by atoms with E-state index in [-0.39, 0.29) is 11.8 Å². The summed E-state index contributed by atoms with van der Waals surface area (Å²) in [5, 5.41) is 10.6. The van der Waals surface area contributed by atoms with Crippen molar-refractivity contribution in [1.29, 1.82) is 0 Å². The maximum Gasteiger partial charge on any atom is 0.434 e. The highest BCUT2D eigenvalue weighted by atomic mass is 19.4. The molecule has 4 nitrogen and oxygen atoms in total. The van der Waals surface area contributed by atoms with Gasteiger partial charge in [0.1, 0.15) is 11.6 Å². The third-order valence-electron chi connectivity index (χ3n) is 6.70. The van der Waals surface area contributed by atoms with Gasteiger partial charge in [0.05, 0.1) is 16.6 Å². The minimum absolute atomic E-state index is 0.0287. The van der Waals surface area contributed by atoms with E-state index in [0.29, 0.717) is 0 Å². The Labute approximate surface area is 214 Å². The minimum atomic E-state index is -5.57. The number of aromatic nitrogens is 2. The molecule has 1 fully saturated rings. The molecule has 0 aliphatic heterocycles. The van der Waals surface area contributed by atoms with Crippen molar-refractivity contribution in [2.45, 2.75) is 56.2 Å². The molecule has 5 rings (SSSR count). The number of fused-ring (bicyclic) bond motifs is 1. The second-order valence-corrected chi connectivity index (χ2v) is 10.1. The summed E-state index contributed by atoms with van der Waals surface area (Å²) in [5.74, 6) is 0.320. The summed E-state index contributed by atoms with van der Waals surface area (Å²) < 4.78 is 80.9. The van der Waals surface area contributed by atoms with Gasteiger partial charge in [-0.2, -0.15) is 26.3 Å². The molecule has 38 heavy (non-hydrogen) atoms. The van der Waals surface area contributed by atoms with E-state index >= 15 is 0 Å². The Morgan fingerprint density at radius 1 is 0.895 bits per heavy atom. The number of nitrogens with one attached hydrogen (secondary N) is 1. The van der Waals surface area contributed by atoms with E-state index in [1.807, 2.05) is 42.5 Å². The van der Waals surface area contributed by atoms with E-state index in [0.717, 1.165) is 57.7 Å². The third-order valence-corrected chi connectivity index (χ3v) is 6.70. The molecular formula is C28H24F6N2O2. The lowest BCUT2D eigenvalue weighted by molar-refractivity contribution is -0.299. The van der Waals surface area contributed by atoms with Crippen LogP contribution in [0.2, 0.25) is 0 Å². The molecule has 0 saturated heterocycles. The molecule has 0 bridgehead atoms. The Hall–Kier alpha value is -3.53. The predicted molar refractivity (Wildman–Crippen MR) is 130 cm³/mol. The monoisotopic (exact) mass is 534 g/mol. The van der Waals surface area contributed by atoms with Gasteiger partial charge in [0.15, 0.2) is 0 Å². The Bertz CT molecular complexity index is 1440. The van der Waals surface area contributed by atoms with Crippen LogP contribution >= 0.6 is 0 Å². The van der Waals surface area contributed by atoms with Gasteiger partial charge in [0, 0.05) is 5.92 Å². The number of ether oxygens (including phenoxy) is 1. The number of alkyl halides is 6. The van der Waals surface area contributed by atoms with Crippen molar-refractivity contribution >= 4 is 11.0 Å². The number of nitrogens with zero attached hydrogens (tertiary/aromatic N) is 1. The van der Waals surface area contributed by atoms with E-state index in [9.17, 15) is 31.4 Å². The predicted octanol–water partition coefficient (Wildman–Crippen LogP) is 7.60. The van der Waals surface area contributed by atoms with Gasteiger partial charge in [0.25, 0.3) is 6.10 Å². The highest BCUT2D eigenvalue weighted by molar-refractivity contribution is 5.83. The zero-order valence-electron chi connectivity index (χ0n) is 20.4. The number of imidazole rings is 1. The smallest absolute Gasteiger partial charge is 0.434 e. The van der Waals surface area contributed by atoms with Crippen LogP contribution in [0.25, 0.3) is 22.2 Å². The molecule has 1 saturated carbocycles. The molecule has 1 aliphatic rings. The number of rotatable bonds is 6. The molecule has 3 aromatic carbocycles. The first kappa shape index (κ1) is 26.1. The van der Waals surface area contributed by atoms with Crippen LogP contribution in [-0.4, -0.2) is 33.5 Å². The van der Waals surface area contributed by atoms with Crippen molar-refractivity contribution in [3.05, 3.63) is 83.7 Å². The summed E-state index contributed by atoms with van der Waals surface area (Å²) in [6, 6.07) is 18.6. The molecule has 200 valence electrons. The number of H-pyrrole nitrogens is 1. The highest BCUT2D eigenvalue weighted by Crippen LogP contribution is 2.54. The standard InChI is InChI=1S/C28H24F6N2O2/c1-26(2,37)21-6-4-3-5-18(21)16-9-12-22-23(13-16)36-24(35-22)20-14-19(20)15-7-10-17(11-8-15)38-25(27(29,30)31)28(32,33)34/h3-13,19-20,25,37H,14H2,1-2H3,(H,35,36). The van der Waals surface area contributed by atoms with Crippen LogP contribution in [0.4, 0.5) is 26.3 Å². The lowest BCUT2D eigenvalue weighted by Crippen LogP contribution is -2.46. The number of hydrogen-bond acceptors (Lipinski definition) is 3. The Morgan fingerprint density at radius 3 is 2.18 bits per heavy atom. The average Bonchev–Trinajstić information content (AvgIpc) is 3.52. The van der Waals surface area contributed by atoms with Gasteiger partial charge < -0.3 is 14.8 Å². The molecule has 4 aromatic rings. The molecule has 2 atom stereocenters. The summed E-state index contributed by atoms with van der Waals surface area (Å²) >= 11 is 0. The first-order chi connectivity index (χ1) is 17.7. The van der Waals surface area contributed by atoms with E-state index in [4.69, 9.17) is 0 Å². The maximum atomic E-state index is 12.8. The molecular weight excluding hydrogens is 510 g/mol. The first-order valence-electron chi connectivity index (χ1n) is 11.9. The van der Waals surface area contributed by atoms with Crippen LogP contribution < -0.4 is 4.74 Å². The number of aromatic amines is 1. The van der Waals surface area contributed by atoms with Crippen LogP contribution in [0.15, 0.2) is 66.7 Å². The third kappa shape index (κ3) is 5.22. The topological polar surface area (TPSA) is 58.1 Å². The second-order valence-electron chi connectivity index (χ2n) is 10.1. The van der Waals surface area contributed by atoms with E-state index in [1.54, 1.807) is 13.8 Å². The number of benzene rings is 3. The molecule has 0 spiro atoms. The maximum absolute atomic E-state index is 12.8. The van der Waals surface area contributed by atoms with E-state index in [2.05, 4.69) is 14.7 Å². The summed E-state index contributed by atoms with van der Waals surface area (Å²) in [5.41, 5.74) is 3.97. The Morgan fingerprint density at radius 2 is 1.55 bits per heavy atom. The second kappa shape index (κ2) is 9.04. The average molecular weight is 534 g/mol. The fourth-order valence-corrected chi connectivity index (χ4v) is 4.76. The molecule has 0 radical (unpaired) electrons. The molecule has 1 aliphatic carbocycles. The largest absolute Gasteiger partial charge is 0.471 e. The lowest BCUT2D eigenvalue weighted by atomic mass is 9.89. The van der Waals surface area contributed by atoms with Crippen molar-refractivity contribution in [1.82, 2.24) is 9.97 Å². The molecule has 1 aromatic heterocycles. The van der Waals surface area contributed by atoms with Crippen LogP contribution in [-0.2, 0) is 5.60 Å². The summed E-state index contributed by atoms with van der Waals surface area (Å²) in [6.45, 7) is 3.46. The van der Waals surface area contributed by atoms with Crippen molar-refractivity contribution in [3.63, 3.8) is 0 Å². The molecule has 2 unspecified atom stereocenters. The van der Waals surface area contributed by atoms with Crippen LogP contribution in [0, 0.1) is 0 Å². The molecule has 1 heterocycles. The van der Waals surface area contributed by atoms with Gasteiger partial charge in [-0.25, -0.2) is 4.98 Å². The minimum Gasteiger partial charge on any atom is -0.471 e. The Balaban J connectivity index is 1.33. The van der Waals surface area contributed by atoms with Gasteiger partial charge in [-0.05, 0) is 72.7 Å². The number of halogens is 6. The van der Waals surface area contributed by atoms with E-state index in [1.165, 1.54) is 12.1 Å². The van der Waals surface area contributed by atoms with Crippen molar-refractivity contribution in [2.75, 3.05) is 0 Å². The Kier molecular flexibility index (Phi) is 6.21. The quantitative estimate of drug-likeness (QED) is 0.251. The summed E-state index contributed by atoms with van der Waals surface area (Å²) in [7, 11) is 0. The van der Waals surface area contributed by atoms with E-state index < -0.39 is 29.8 Å². The summed E-state index contributed by atoms with van der Waals surface area (Å²) in [6.07, 6.45) is -14.3. The summed E-state index contributed by atoms with van der Waals surface area (Å²) in [4.78, 5) is 8.04. The fraction of sp³-hybridized carbons (Fsp3) is 0.321. The van der Waals surface area contributed by atoms with Crippen molar-refractivity contribution < 1.29 is 36.2 Å². The van der Waals surface area contributed by atoms with Crippen molar-refractivity contribution in [2.24, 2.45) is 0 Å². The van der Waals surface area contributed by atoms with Gasteiger partial charge >= 0.3 is 12.4 Å². The number of aliphatic hydroxyl groups is 1. The van der Waals surface area contributed by atoms with Crippen LogP contribution in [0.3, 0.4) is 0 Å². The molecule has 0 amide bonds. The van der Waals surface area contributed by atoms with Gasteiger partial charge in [-0.3, -0.25) is 0 Å². The van der Waals surface area contributed by atoms with Crippen LogP contribution in [0.5, 0.6) is 5.75 Å². The lowest BCUT2D eigenvalue weighted by Gasteiger charge is -2.23. The first-order valence-corrected chi connectivity index (χ1v) is 11.9. The zero-order chi connectivity index (χ0) is 27.5. The normalized spacial score (nSPS) is 18.3. The number of hydrogen-bond donors (Lipinski definition) is 2. The van der Waals surface area contributed by atoms with Crippen molar-refractivity contribution in [3.8, 4) is 16.9 Å². The zero-order valence-corrected chi connectivity index (χ0v) is 20.4. The fourth-order valence-electron chi connectivity index (χ4n) is 4.76. The van der Waals surface area contributed by atoms with Gasteiger partial charge in [-0.1, -0.05) is 42.5 Å². The molecule has 2 N–H and O–H groups in total. The highest BCUT2D eigenvalue weighted by Gasteiger charge is 2.59. The van der Waals surface area contributed by atoms with Gasteiger partial charge in [0.2, 0.25) is 0 Å². The molecule has 10 heteroatoms. The van der Waals surface area contributed by atoms with Gasteiger partial charge in [-0.15, -0.1) is 0 Å². The van der Waals surface area contributed by atoms with Crippen LogP contribution in [0.1, 0.15) is 49.1 Å². The SMILES string of the molecule is CC(C)(O)c1ccccc1-c1ccc2nc(C3CC3c3ccc(OC(C(F)(F)F)C(F)(F)F)cc3)[nH]c2c1.